The number of nitrogens with zero attached hydrogens (tertiary/aromatic N) is 12. The summed E-state index contributed by atoms with van der Waals surface area (Å²) in [5, 5.41) is 4.27. The largest absolute Gasteiger partial charge is 0.295 e. The fourth-order valence-corrected chi connectivity index (χ4v) is 22.5. The summed E-state index contributed by atoms with van der Waals surface area (Å²) in [6, 6.07) is 112. The average Bonchev–Trinajstić information content (AvgIpc) is 1.60. The van der Waals surface area contributed by atoms with Crippen molar-refractivity contribution in [2.45, 2.75) is 93.5 Å². The first kappa shape index (κ1) is 83.1. The lowest BCUT2D eigenvalue weighted by Crippen LogP contribution is -2.33. The first-order chi connectivity index (χ1) is 61.5. The number of aryl methyl sites for hydroxylation is 9. The molecule has 626 valence electrons. The number of fused-ring (bicyclic) bond motifs is 8. The van der Waals surface area contributed by atoms with Gasteiger partial charge in [-0.1, -0.05) is 234 Å². The molecule has 0 N–H and O–H groups in total. The molecule has 22 aromatic rings. The summed E-state index contributed by atoms with van der Waals surface area (Å²) >= 11 is 7.04. The molecule has 127 heavy (non-hydrogen) atoms. The molecule has 0 aliphatic carbocycles. The second kappa shape index (κ2) is 34.1. The number of para-hydroxylation sites is 10. The molecular weight excluding hydrogens is 1630 g/mol. The Bertz CT molecular complexity index is 7840. The fourth-order valence-electron chi connectivity index (χ4n) is 18.3. The molecule has 16 heteroatoms. The Hall–Kier alpha value is -13.5. The third-order valence-corrected chi connectivity index (χ3v) is 28.8. The van der Waals surface area contributed by atoms with Crippen LogP contribution in [0.15, 0.2) is 315 Å². The zero-order chi connectivity index (χ0) is 87.8. The van der Waals surface area contributed by atoms with E-state index in [0.717, 1.165) is 59.2 Å². The van der Waals surface area contributed by atoms with Crippen molar-refractivity contribution in [2.75, 3.05) is 0 Å². The molecule has 0 radical (unpaired) electrons. The number of aromatic nitrogens is 12. The van der Waals surface area contributed by atoms with Crippen molar-refractivity contribution >= 4 is 130 Å². The highest BCUT2D eigenvalue weighted by Gasteiger charge is 2.36. The highest BCUT2D eigenvalue weighted by molar-refractivity contribution is 7.22. The van der Waals surface area contributed by atoms with E-state index in [2.05, 4.69) is 445 Å². The van der Waals surface area contributed by atoms with Crippen molar-refractivity contribution in [1.29, 1.82) is 0 Å². The molecule has 0 aliphatic heterocycles. The minimum atomic E-state index is -0.0468. The molecule has 8 heterocycles. The Balaban J connectivity index is 0.000000111. The smallest absolute Gasteiger partial charge is 0.236 e. The first-order valence-electron chi connectivity index (χ1n) is 43.5. The second-order valence-corrected chi connectivity index (χ2v) is 38.9. The zero-order valence-corrected chi connectivity index (χ0v) is 77.9. The molecule has 0 amide bonds. The third kappa shape index (κ3) is 15.4. The maximum absolute atomic E-state index is 5.09. The summed E-state index contributed by atoms with van der Waals surface area (Å²) in [4.78, 5) is 20.0. The average molecular weight is 1730 g/mol. The second-order valence-electron chi connectivity index (χ2n) is 34.7. The van der Waals surface area contributed by atoms with Crippen molar-refractivity contribution in [3.05, 3.63) is 349 Å². The summed E-state index contributed by atoms with van der Waals surface area (Å²) in [7, 11) is 10.8. The van der Waals surface area contributed by atoms with Gasteiger partial charge in [-0.2, -0.15) is 9.13 Å². The summed E-state index contributed by atoms with van der Waals surface area (Å²) < 4.78 is 23.7. The van der Waals surface area contributed by atoms with E-state index in [-0.39, 0.29) is 5.54 Å². The van der Waals surface area contributed by atoms with Gasteiger partial charge in [-0.3, -0.25) is 0 Å². The molecule has 0 aliphatic rings. The number of imidazole rings is 4. The van der Waals surface area contributed by atoms with Gasteiger partial charge in [0, 0.05) is 33.4 Å². The van der Waals surface area contributed by atoms with Crippen molar-refractivity contribution in [2.24, 2.45) is 35.2 Å². The van der Waals surface area contributed by atoms with Crippen molar-refractivity contribution in [1.82, 2.24) is 38.2 Å². The molecule has 22 rings (SSSR count). The fraction of sp³-hybridized carbons (Fsp3) is 0.171. The standard InChI is InChI=1S/C34H34N3S.C28H22N3S.C26H26N3S.C23H20N3S/c1-21(2)25-15-12-16-26(22(3)4)32(25)37-30-18-11-10-17-29(30)36(6)34(37)27-20-28-31(19-23(27)5)38-33(35-28)24-13-8-7-9-14-24;1-19-17-26-23(29-27(32-26)20-11-5-3-6-12-20)18-22(19)28-30(2)24-15-9-10-16-25(24)31(28)21-13-7-4-8-14-21;1-17-15-23-20(27-24(30-23)18-11-7-6-8-12-18)16-19(17)25-28(5)21-13-9-10-14-22(21)29(25)26(2,3)4;1-15-13-21-18(24-22(27-21)16-9-5-4-6-10-16)14-17(15)23-25(2)19-11-7-8-12-20(19)26(23)3/h7-22H,1-6H3;3-18H,1-2H3;6-16H,1-5H3;4-14H,1-3H3/q4*+1. The van der Waals surface area contributed by atoms with Crippen molar-refractivity contribution in [3.63, 3.8) is 0 Å². The maximum atomic E-state index is 5.09. The van der Waals surface area contributed by atoms with E-state index in [1.165, 1.54) is 158 Å². The van der Waals surface area contributed by atoms with Crippen LogP contribution in [0.1, 0.15) is 93.7 Å². The monoisotopic (exact) mass is 1730 g/mol. The Morgan fingerprint density at radius 3 is 0.921 bits per heavy atom. The highest BCUT2D eigenvalue weighted by Crippen LogP contribution is 2.44. The maximum Gasteiger partial charge on any atom is 0.295 e. The minimum absolute atomic E-state index is 0.0468. The number of hydrogen-bond acceptors (Lipinski definition) is 8. The zero-order valence-electron chi connectivity index (χ0n) is 74.7. The lowest BCUT2D eigenvalue weighted by Gasteiger charge is -2.19. The van der Waals surface area contributed by atoms with Gasteiger partial charge >= 0.3 is 0 Å². The Morgan fingerprint density at radius 2 is 0.567 bits per heavy atom. The van der Waals surface area contributed by atoms with Crippen LogP contribution in [0.4, 0.5) is 0 Å². The predicted octanol–water partition coefficient (Wildman–Crippen LogP) is 27.4. The molecular formula is C111H102N12S4+4. The van der Waals surface area contributed by atoms with Crippen molar-refractivity contribution < 1.29 is 18.3 Å². The Kier molecular flexibility index (Phi) is 22.3. The van der Waals surface area contributed by atoms with Crippen molar-refractivity contribution in [3.8, 4) is 99.2 Å². The van der Waals surface area contributed by atoms with E-state index >= 15 is 0 Å². The van der Waals surface area contributed by atoms with Gasteiger partial charge < -0.3 is 0 Å². The van der Waals surface area contributed by atoms with E-state index in [4.69, 9.17) is 19.9 Å². The SMILES string of the molecule is Cc1cc2sc(-c3ccccc3)nc2cc1-c1n(-c2c(C(C)C)cccc2C(C)C)c2ccccc2[n+]1C.Cc1cc2sc(-c3ccccc3)nc2cc1-c1n(-c2ccccc2)c2ccccc2[n+]1C.Cc1cc2sc(-c3ccccc3)nc2cc1-c1n(C(C)(C)C)c2ccccc2[n+]1C.Cc1cc2sc(-c3ccccc3)nc2cc1-c1n(C)c2ccccc2[n+]1C. The molecule has 0 bridgehead atoms. The first-order valence-corrected chi connectivity index (χ1v) is 46.8. The molecule has 0 atom stereocenters. The Labute approximate surface area is 757 Å². The summed E-state index contributed by atoms with van der Waals surface area (Å²) in [5.74, 6) is 5.57. The van der Waals surface area contributed by atoms with Gasteiger partial charge in [0.2, 0.25) is 0 Å². The molecule has 0 fully saturated rings. The lowest BCUT2D eigenvalue weighted by atomic mass is 9.92. The lowest BCUT2D eigenvalue weighted by molar-refractivity contribution is -0.634. The summed E-state index contributed by atoms with van der Waals surface area (Å²) in [6.45, 7) is 24.8. The van der Waals surface area contributed by atoms with E-state index in [1.54, 1.807) is 45.3 Å². The minimum Gasteiger partial charge on any atom is -0.236 e. The van der Waals surface area contributed by atoms with E-state index in [1.807, 2.05) is 18.2 Å². The molecule has 12 nitrogen and oxygen atoms in total. The predicted molar refractivity (Wildman–Crippen MR) is 534 cm³/mol. The van der Waals surface area contributed by atoms with Crippen LogP contribution in [0.2, 0.25) is 0 Å². The quantitative estimate of drug-likeness (QED) is 0.114. The van der Waals surface area contributed by atoms with Crippen LogP contribution in [0, 0.1) is 27.7 Å². The normalized spacial score (nSPS) is 11.8. The third-order valence-electron chi connectivity index (χ3n) is 24.5. The molecule has 0 saturated carbocycles. The molecule has 8 aromatic heterocycles. The molecule has 14 aromatic carbocycles. The molecule has 0 spiro atoms. The van der Waals surface area contributed by atoms with Crippen LogP contribution in [0.25, 0.3) is 184 Å². The van der Waals surface area contributed by atoms with Gasteiger partial charge in [-0.25, -0.2) is 47.3 Å². The van der Waals surface area contributed by atoms with Crippen LogP contribution >= 0.6 is 45.3 Å². The van der Waals surface area contributed by atoms with Gasteiger partial charge in [0.25, 0.3) is 23.3 Å². The molecule has 0 unspecified atom stereocenters. The number of thiazole rings is 4. The van der Waals surface area contributed by atoms with Gasteiger partial charge in [0.15, 0.2) is 44.1 Å². The summed E-state index contributed by atoms with van der Waals surface area (Å²) in [5.41, 5.74) is 33.8. The highest BCUT2D eigenvalue weighted by atomic mass is 32.1. The van der Waals surface area contributed by atoms with Crippen LogP contribution in [-0.2, 0) is 40.8 Å². The molecule has 0 saturated heterocycles. The van der Waals surface area contributed by atoms with Gasteiger partial charge in [0.05, 0.1) is 98.4 Å². The van der Waals surface area contributed by atoms with Crippen LogP contribution in [-0.4, -0.2) is 38.2 Å². The van der Waals surface area contributed by atoms with Crippen LogP contribution in [0.3, 0.4) is 0 Å². The Morgan fingerprint density at radius 1 is 0.291 bits per heavy atom. The van der Waals surface area contributed by atoms with E-state index in [0.29, 0.717) is 11.8 Å². The summed E-state index contributed by atoms with van der Waals surface area (Å²) in [6.07, 6.45) is 0. The van der Waals surface area contributed by atoms with Gasteiger partial charge in [-0.05, 0) is 192 Å². The van der Waals surface area contributed by atoms with E-state index < -0.39 is 0 Å². The number of benzene rings is 14. The van der Waals surface area contributed by atoms with Gasteiger partial charge in [0.1, 0.15) is 36.9 Å². The topological polar surface area (TPSA) is 86.8 Å². The van der Waals surface area contributed by atoms with Gasteiger partial charge in [-0.15, -0.1) is 45.3 Å². The number of hydrogen-bond donors (Lipinski definition) is 0. The van der Waals surface area contributed by atoms with Crippen LogP contribution < -0.4 is 18.3 Å². The van der Waals surface area contributed by atoms with E-state index in [9.17, 15) is 0 Å². The van der Waals surface area contributed by atoms with Crippen LogP contribution in [0.5, 0.6) is 0 Å². The number of rotatable bonds is 12.